The van der Waals surface area contributed by atoms with Gasteiger partial charge in [0.25, 0.3) is 0 Å². The first-order valence-electron chi connectivity index (χ1n) is 13.8. The van der Waals surface area contributed by atoms with Crippen LogP contribution in [-0.4, -0.2) is 0 Å². The minimum atomic E-state index is -0.0814. The molecule has 0 amide bonds. The number of para-hydroxylation sites is 1. The Morgan fingerprint density at radius 3 is 2.05 bits per heavy atom. The van der Waals surface area contributed by atoms with E-state index >= 15 is 0 Å². The second-order valence-corrected chi connectivity index (χ2v) is 11.3. The fourth-order valence-corrected chi connectivity index (χ4v) is 7.05. The van der Waals surface area contributed by atoms with Crippen LogP contribution in [0.5, 0.6) is 0 Å². The molecule has 6 aromatic carbocycles. The normalized spacial score (nSPS) is 14.0. The monoisotopic (exact) mass is 499 g/mol. The highest BCUT2D eigenvalue weighted by atomic mass is 15.1. The van der Waals surface area contributed by atoms with Gasteiger partial charge >= 0.3 is 0 Å². The van der Waals surface area contributed by atoms with Crippen molar-refractivity contribution in [2.45, 2.75) is 25.7 Å². The van der Waals surface area contributed by atoms with E-state index in [1.807, 2.05) is 0 Å². The molecule has 0 atom stereocenters. The highest BCUT2D eigenvalue weighted by molar-refractivity contribution is 6.10. The molecule has 0 saturated heterocycles. The number of benzene rings is 6. The Kier molecular flexibility index (Phi) is 4.70. The lowest BCUT2D eigenvalue weighted by Crippen LogP contribution is -2.17. The average molecular weight is 500 g/mol. The van der Waals surface area contributed by atoms with E-state index in [1.165, 1.54) is 72.3 Å². The van der Waals surface area contributed by atoms with Gasteiger partial charge in [-0.15, -0.1) is 0 Å². The molecule has 0 aromatic heterocycles. The third-order valence-electron chi connectivity index (χ3n) is 8.89. The predicted molar refractivity (Wildman–Crippen MR) is 164 cm³/mol. The summed E-state index contributed by atoms with van der Waals surface area (Å²) < 4.78 is 0. The van der Waals surface area contributed by atoms with Gasteiger partial charge in [-0.05, 0) is 74.2 Å². The first-order chi connectivity index (χ1) is 19.1. The molecule has 0 N–H and O–H groups in total. The second-order valence-electron chi connectivity index (χ2n) is 11.3. The Labute approximate surface area is 230 Å². The summed E-state index contributed by atoms with van der Waals surface area (Å²) in [6.45, 7) is 4.75. The zero-order valence-corrected chi connectivity index (χ0v) is 22.3. The maximum Gasteiger partial charge on any atom is 0.0543 e. The molecule has 6 aromatic rings. The van der Waals surface area contributed by atoms with Crippen LogP contribution in [0.2, 0.25) is 0 Å². The molecule has 8 rings (SSSR count). The van der Waals surface area contributed by atoms with Crippen LogP contribution in [0, 0.1) is 0 Å². The lowest BCUT2D eigenvalue weighted by molar-refractivity contribution is 0.661. The molecular formula is C38H29N. The van der Waals surface area contributed by atoms with E-state index in [-0.39, 0.29) is 5.41 Å². The van der Waals surface area contributed by atoms with E-state index < -0.39 is 0 Å². The first-order valence-corrected chi connectivity index (χ1v) is 13.8. The summed E-state index contributed by atoms with van der Waals surface area (Å²) in [5.41, 5.74) is 14.7. The van der Waals surface area contributed by atoms with Gasteiger partial charge in [0.2, 0.25) is 0 Å². The first kappa shape index (κ1) is 22.4. The molecule has 0 fully saturated rings. The van der Waals surface area contributed by atoms with E-state index in [4.69, 9.17) is 0 Å². The van der Waals surface area contributed by atoms with Gasteiger partial charge in [-0.1, -0.05) is 117 Å². The van der Waals surface area contributed by atoms with Crippen molar-refractivity contribution in [3.05, 3.63) is 150 Å². The molecule has 39 heavy (non-hydrogen) atoms. The van der Waals surface area contributed by atoms with Gasteiger partial charge in [0.1, 0.15) is 0 Å². The van der Waals surface area contributed by atoms with E-state index in [9.17, 15) is 0 Å². The van der Waals surface area contributed by atoms with Gasteiger partial charge in [-0.25, -0.2) is 0 Å². The summed E-state index contributed by atoms with van der Waals surface area (Å²) in [6, 6.07) is 47.0. The van der Waals surface area contributed by atoms with Crippen LogP contribution in [0.1, 0.15) is 36.1 Å². The molecule has 1 nitrogen and oxygen atoms in total. The van der Waals surface area contributed by atoms with Crippen LogP contribution in [0.3, 0.4) is 0 Å². The van der Waals surface area contributed by atoms with Crippen molar-refractivity contribution >= 4 is 27.8 Å². The Hall–Kier alpha value is -4.62. The average Bonchev–Trinajstić information content (AvgIpc) is 3.47. The molecular weight excluding hydrogens is 470 g/mol. The van der Waals surface area contributed by atoms with E-state index in [0.717, 1.165) is 6.42 Å². The third-order valence-corrected chi connectivity index (χ3v) is 8.89. The Morgan fingerprint density at radius 1 is 0.538 bits per heavy atom. The third kappa shape index (κ3) is 3.14. The smallest absolute Gasteiger partial charge is 0.0543 e. The number of hydrogen-bond donors (Lipinski definition) is 0. The van der Waals surface area contributed by atoms with Gasteiger partial charge in [0.05, 0.1) is 11.4 Å². The van der Waals surface area contributed by atoms with Gasteiger partial charge in [-0.3, -0.25) is 0 Å². The van der Waals surface area contributed by atoms with Crippen molar-refractivity contribution < 1.29 is 0 Å². The Bertz CT molecular complexity index is 1910. The molecule has 2 aliphatic rings. The Morgan fingerprint density at radius 2 is 1.21 bits per heavy atom. The number of rotatable bonds is 3. The molecule has 2 aliphatic carbocycles. The van der Waals surface area contributed by atoms with Gasteiger partial charge in [0.15, 0.2) is 0 Å². The minimum absolute atomic E-state index is 0.0814. The van der Waals surface area contributed by atoms with E-state index in [1.54, 1.807) is 0 Å². The largest absolute Gasteiger partial charge is 0.310 e. The van der Waals surface area contributed by atoms with Crippen molar-refractivity contribution in [1.82, 2.24) is 0 Å². The van der Waals surface area contributed by atoms with Crippen LogP contribution < -0.4 is 4.90 Å². The summed E-state index contributed by atoms with van der Waals surface area (Å²) >= 11 is 0. The topological polar surface area (TPSA) is 3.24 Å². The molecule has 0 spiro atoms. The highest BCUT2D eigenvalue weighted by Gasteiger charge is 2.38. The van der Waals surface area contributed by atoms with Crippen LogP contribution in [0.4, 0.5) is 17.1 Å². The predicted octanol–water partition coefficient (Wildman–Crippen LogP) is 10.2. The SMILES string of the molecule is CC1(C)c2ccccc2-c2c1cc(N(c1ccccc1)c1cccc3c1Cc1ccccc1-3)c1ccccc21. The highest BCUT2D eigenvalue weighted by Crippen LogP contribution is 2.55. The van der Waals surface area contributed by atoms with E-state index in [0.29, 0.717) is 0 Å². The maximum absolute atomic E-state index is 2.51. The van der Waals surface area contributed by atoms with Crippen molar-refractivity contribution in [3.63, 3.8) is 0 Å². The van der Waals surface area contributed by atoms with E-state index in [2.05, 4.69) is 146 Å². The van der Waals surface area contributed by atoms with Crippen LogP contribution in [0.25, 0.3) is 33.0 Å². The number of fused-ring (bicyclic) bond motifs is 8. The Balaban J connectivity index is 1.45. The zero-order valence-electron chi connectivity index (χ0n) is 22.3. The summed E-state index contributed by atoms with van der Waals surface area (Å²) in [6.07, 6.45) is 0.949. The lowest BCUT2D eigenvalue weighted by Gasteiger charge is -2.31. The molecule has 186 valence electrons. The lowest BCUT2D eigenvalue weighted by atomic mass is 9.81. The van der Waals surface area contributed by atoms with Gasteiger partial charge in [-0.2, -0.15) is 0 Å². The molecule has 1 heteroatoms. The molecule has 0 unspecified atom stereocenters. The van der Waals surface area contributed by atoms with Crippen LogP contribution in [0.15, 0.2) is 127 Å². The minimum Gasteiger partial charge on any atom is -0.310 e. The molecule has 0 saturated carbocycles. The number of hydrogen-bond acceptors (Lipinski definition) is 1. The van der Waals surface area contributed by atoms with Gasteiger partial charge < -0.3 is 4.90 Å². The fraction of sp³-hybridized carbons (Fsp3) is 0.105. The standard InChI is InChI=1S/C38H29N/c1-38(2)33-21-11-10-19-31(33)37-30-18-9-8-17-29(30)36(24-34(37)38)39(26-14-4-3-5-15-26)35-22-12-20-28-27-16-7-6-13-25(27)23-32(28)35/h3-22,24H,23H2,1-2H3. The van der Waals surface area contributed by atoms with Crippen LogP contribution in [-0.2, 0) is 11.8 Å². The van der Waals surface area contributed by atoms with Crippen molar-refractivity contribution in [3.8, 4) is 22.3 Å². The molecule has 0 radical (unpaired) electrons. The summed E-state index contributed by atoms with van der Waals surface area (Å²) in [7, 11) is 0. The van der Waals surface area contributed by atoms with Gasteiger partial charge in [0, 0.05) is 22.9 Å². The quantitative estimate of drug-likeness (QED) is 0.234. The maximum atomic E-state index is 2.51. The summed E-state index contributed by atoms with van der Waals surface area (Å²) in [5, 5.41) is 2.60. The second kappa shape index (κ2) is 8.19. The summed E-state index contributed by atoms with van der Waals surface area (Å²) in [5.74, 6) is 0. The summed E-state index contributed by atoms with van der Waals surface area (Å²) in [4.78, 5) is 2.51. The van der Waals surface area contributed by atoms with Crippen molar-refractivity contribution in [2.24, 2.45) is 0 Å². The number of anilines is 3. The van der Waals surface area contributed by atoms with Crippen LogP contribution >= 0.6 is 0 Å². The zero-order chi connectivity index (χ0) is 26.1. The van der Waals surface area contributed by atoms with Crippen molar-refractivity contribution in [2.75, 3.05) is 4.90 Å². The molecule has 0 heterocycles. The molecule has 0 aliphatic heterocycles. The number of nitrogens with zero attached hydrogens (tertiary/aromatic N) is 1. The fourth-order valence-electron chi connectivity index (χ4n) is 7.05. The molecule has 0 bridgehead atoms. The van der Waals surface area contributed by atoms with Crippen molar-refractivity contribution in [1.29, 1.82) is 0 Å².